The van der Waals surface area contributed by atoms with Crippen molar-refractivity contribution in [1.82, 2.24) is 19.2 Å². The minimum Gasteiger partial charge on any atom is -0.347 e. The van der Waals surface area contributed by atoms with Crippen LogP contribution in [0.1, 0.15) is 19.4 Å². The van der Waals surface area contributed by atoms with Gasteiger partial charge >= 0.3 is 0 Å². The van der Waals surface area contributed by atoms with E-state index in [9.17, 15) is 9.59 Å². The van der Waals surface area contributed by atoms with Gasteiger partial charge in [-0.05, 0) is 23.8 Å². The molecule has 8 heteroatoms. The Balaban J connectivity index is 1.46. The van der Waals surface area contributed by atoms with Crippen LogP contribution in [0, 0.1) is 0 Å². The molecule has 162 valence electrons. The molecule has 1 aliphatic heterocycles. The van der Waals surface area contributed by atoms with Gasteiger partial charge in [0.2, 0.25) is 5.78 Å². The van der Waals surface area contributed by atoms with E-state index in [1.807, 2.05) is 41.8 Å². The normalized spacial score (nSPS) is 16.2. The summed E-state index contributed by atoms with van der Waals surface area (Å²) in [6.45, 7) is 4.28. The number of carbonyl (C=O) groups excluding carboxylic acids is 1. The number of nitrogens with zero attached hydrogens (tertiary/aromatic N) is 5. The van der Waals surface area contributed by atoms with Crippen molar-refractivity contribution in [1.29, 1.82) is 0 Å². The van der Waals surface area contributed by atoms with Gasteiger partial charge in [-0.3, -0.25) is 18.6 Å². The first-order valence-electron chi connectivity index (χ1n) is 10.3. The minimum absolute atomic E-state index is 0.00334. The maximum absolute atomic E-state index is 13.0. The van der Waals surface area contributed by atoms with Crippen molar-refractivity contribution in [3.63, 3.8) is 0 Å². The van der Waals surface area contributed by atoms with Crippen molar-refractivity contribution in [2.45, 2.75) is 24.4 Å². The fourth-order valence-corrected chi connectivity index (χ4v) is 5.26. The zero-order chi connectivity index (χ0) is 22.6. The number of aryl methyl sites for hydroxylation is 1. The SMILES string of the molecule is CN1/C(=C\C(=O)CSc2nnc3n(C)c(=O)c4ccccc4n23)C(C)(C)c2ccccc21. The lowest BCUT2D eigenvalue weighted by Crippen LogP contribution is -2.24. The Morgan fingerprint density at radius 1 is 1.06 bits per heavy atom. The van der Waals surface area contributed by atoms with Crippen molar-refractivity contribution in [2.24, 2.45) is 7.05 Å². The summed E-state index contributed by atoms with van der Waals surface area (Å²) in [5, 5.41) is 9.62. The molecule has 3 heterocycles. The van der Waals surface area contributed by atoms with E-state index in [1.165, 1.54) is 21.9 Å². The number of allylic oxidation sites excluding steroid dienone is 2. The quantitative estimate of drug-likeness (QED) is 0.353. The van der Waals surface area contributed by atoms with Crippen LogP contribution >= 0.6 is 11.8 Å². The van der Waals surface area contributed by atoms with Gasteiger partial charge in [-0.2, -0.15) is 0 Å². The molecule has 0 saturated heterocycles. The second kappa shape index (κ2) is 7.34. The number of anilines is 1. The zero-order valence-electron chi connectivity index (χ0n) is 18.4. The number of hydrogen-bond donors (Lipinski definition) is 0. The third-order valence-corrected chi connectivity index (χ3v) is 7.13. The first kappa shape index (κ1) is 20.5. The third kappa shape index (κ3) is 2.97. The van der Waals surface area contributed by atoms with Crippen molar-refractivity contribution in [3.8, 4) is 0 Å². The lowest BCUT2D eigenvalue weighted by Gasteiger charge is -2.23. The maximum Gasteiger partial charge on any atom is 0.262 e. The molecule has 0 radical (unpaired) electrons. The summed E-state index contributed by atoms with van der Waals surface area (Å²) in [4.78, 5) is 27.7. The molecule has 0 N–H and O–H groups in total. The monoisotopic (exact) mass is 445 g/mol. The van der Waals surface area contributed by atoms with Gasteiger partial charge in [0.25, 0.3) is 5.56 Å². The second-order valence-electron chi connectivity index (χ2n) is 8.49. The second-order valence-corrected chi connectivity index (χ2v) is 9.43. The van der Waals surface area contributed by atoms with Crippen LogP contribution in [0.25, 0.3) is 16.7 Å². The number of ketones is 1. The lowest BCUT2D eigenvalue weighted by molar-refractivity contribution is -0.112. The fourth-order valence-electron chi connectivity index (χ4n) is 4.49. The van der Waals surface area contributed by atoms with Crippen molar-refractivity contribution in [3.05, 3.63) is 76.2 Å². The molecule has 4 aromatic rings. The highest BCUT2D eigenvalue weighted by atomic mass is 32.2. The number of likely N-dealkylation sites (N-methyl/N-ethyl adjacent to an activating group) is 1. The topological polar surface area (TPSA) is 72.5 Å². The van der Waals surface area contributed by atoms with E-state index in [-0.39, 0.29) is 22.5 Å². The van der Waals surface area contributed by atoms with Crippen LogP contribution < -0.4 is 10.5 Å². The average molecular weight is 446 g/mol. The molecule has 32 heavy (non-hydrogen) atoms. The molecule has 2 aromatic heterocycles. The van der Waals surface area contributed by atoms with E-state index < -0.39 is 0 Å². The number of fused-ring (bicyclic) bond motifs is 4. The van der Waals surface area contributed by atoms with Gasteiger partial charge in [0.1, 0.15) is 0 Å². The highest BCUT2D eigenvalue weighted by Crippen LogP contribution is 2.46. The lowest BCUT2D eigenvalue weighted by atomic mass is 9.83. The van der Waals surface area contributed by atoms with E-state index in [4.69, 9.17) is 0 Å². The predicted octanol–water partition coefficient (Wildman–Crippen LogP) is 3.55. The molecule has 0 unspecified atom stereocenters. The smallest absolute Gasteiger partial charge is 0.262 e. The molecule has 2 aromatic carbocycles. The highest BCUT2D eigenvalue weighted by molar-refractivity contribution is 7.99. The number of para-hydroxylation sites is 2. The Morgan fingerprint density at radius 2 is 1.78 bits per heavy atom. The van der Waals surface area contributed by atoms with Gasteiger partial charge in [-0.25, -0.2) is 0 Å². The number of carbonyl (C=O) groups is 1. The number of aromatic nitrogens is 4. The Bertz CT molecular complexity index is 1480. The van der Waals surface area contributed by atoms with Crippen LogP contribution in [-0.2, 0) is 17.3 Å². The molecule has 1 aliphatic rings. The summed E-state index contributed by atoms with van der Waals surface area (Å²) in [6.07, 6.45) is 1.74. The van der Waals surface area contributed by atoms with Crippen molar-refractivity contribution in [2.75, 3.05) is 17.7 Å². The van der Waals surface area contributed by atoms with E-state index in [2.05, 4.69) is 41.1 Å². The van der Waals surface area contributed by atoms with Gasteiger partial charge in [0.15, 0.2) is 10.9 Å². The van der Waals surface area contributed by atoms with Gasteiger partial charge < -0.3 is 4.90 Å². The van der Waals surface area contributed by atoms with Crippen LogP contribution in [-0.4, -0.2) is 37.7 Å². The Morgan fingerprint density at radius 3 is 2.56 bits per heavy atom. The minimum atomic E-state index is -0.248. The van der Waals surface area contributed by atoms with Crippen LogP contribution in [0.3, 0.4) is 0 Å². The molecular weight excluding hydrogens is 422 g/mol. The van der Waals surface area contributed by atoms with Crippen molar-refractivity contribution >= 4 is 39.9 Å². The highest BCUT2D eigenvalue weighted by Gasteiger charge is 2.38. The van der Waals surface area contributed by atoms with Gasteiger partial charge in [-0.15, -0.1) is 10.2 Å². The molecule has 0 amide bonds. The zero-order valence-corrected chi connectivity index (χ0v) is 19.2. The van der Waals surface area contributed by atoms with Crippen molar-refractivity contribution < 1.29 is 4.79 Å². The van der Waals surface area contributed by atoms with Crippen LogP contribution in [0.4, 0.5) is 5.69 Å². The van der Waals surface area contributed by atoms with Gasteiger partial charge in [0, 0.05) is 37.0 Å². The summed E-state index contributed by atoms with van der Waals surface area (Å²) in [6, 6.07) is 15.6. The largest absolute Gasteiger partial charge is 0.347 e. The molecule has 0 spiro atoms. The first-order valence-corrected chi connectivity index (χ1v) is 11.3. The van der Waals surface area contributed by atoms with Crippen LogP contribution in [0.5, 0.6) is 0 Å². The van der Waals surface area contributed by atoms with Crippen LogP contribution in [0.15, 0.2) is 70.3 Å². The molecule has 0 bridgehead atoms. The maximum atomic E-state index is 13.0. The molecule has 5 rings (SSSR count). The average Bonchev–Trinajstić information content (AvgIpc) is 3.30. The number of benzene rings is 2. The van der Waals surface area contributed by atoms with E-state index in [0.717, 1.165) is 16.9 Å². The molecule has 0 atom stereocenters. The third-order valence-electron chi connectivity index (χ3n) is 6.18. The summed E-state index contributed by atoms with van der Waals surface area (Å²) in [5.41, 5.74) is 3.68. The van der Waals surface area contributed by atoms with Crippen LogP contribution in [0.2, 0.25) is 0 Å². The van der Waals surface area contributed by atoms with E-state index >= 15 is 0 Å². The molecular formula is C24H23N5O2S. The molecule has 0 fully saturated rings. The summed E-state index contributed by atoms with van der Waals surface area (Å²) >= 11 is 1.32. The van der Waals surface area contributed by atoms with Gasteiger partial charge in [-0.1, -0.05) is 55.9 Å². The van der Waals surface area contributed by atoms with E-state index in [0.29, 0.717) is 16.3 Å². The first-order chi connectivity index (χ1) is 15.3. The fraction of sp³-hybridized carbons (Fsp3) is 0.250. The summed E-state index contributed by atoms with van der Waals surface area (Å²) in [5.74, 6) is 0.680. The number of thioether (sulfide) groups is 1. The van der Waals surface area contributed by atoms with Gasteiger partial charge in [0.05, 0.1) is 16.7 Å². The predicted molar refractivity (Wildman–Crippen MR) is 127 cm³/mol. The molecule has 0 aliphatic carbocycles. The van der Waals surface area contributed by atoms with E-state index in [1.54, 1.807) is 19.2 Å². The summed E-state index contributed by atoms with van der Waals surface area (Å²) in [7, 11) is 3.68. The Kier molecular flexibility index (Phi) is 4.70. The Labute approximate surface area is 189 Å². The molecule has 7 nitrogen and oxygen atoms in total. The Hall–Kier alpha value is -3.39. The number of rotatable bonds is 4. The molecule has 0 saturated carbocycles. The summed E-state index contributed by atoms with van der Waals surface area (Å²) < 4.78 is 3.32. The standard InChI is InChI=1S/C24H23N5O2S/c1-24(2)17-10-6-8-12-19(17)27(3)20(24)13-15(30)14-32-23-26-25-22-28(4)21(31)16-9-5-7-11-18(16)29(22)23/h5-13H,14H2,1-4H3/b20-13-. The number of hydrogen-bond acceptors (Lipinski definition) is 6.